The number of aliphatic carboxylic acids is 1. The molecule has 20 heavy (non-hydrogen) atoms. The van der Waals surface area contributed by atoms with Gasteiger partial charge < -0.3 is 25.6 Å². The Labute approximate surface area is 124 Å². The molecule has 1 aromatic carbocycles. The quantitative estimate of drug-likeness (QED) is 0.622. The highest BCUT2D eigenvalue weighted by atomic mass is 79.9. The van der Waals surface area contributed by atoms with E-state index in [0.717, 1.165) is 0 Å². The van der Waals surface area contributed by atoms with Gasteiger partial charge in [-0.15, -0.1) is 0 Å². The Hall–Kier alpha value is -1.80. The van der Waals surface area contributed by atoms with E-state index in [1.807, 2.05) is 0 Å². The number of ether oxygens (including phenoxy) is 1. The van der Waals surface area contributed by atoms with Crippen LogP contribution in [0.5, 0.6) is 5.75 Å². The Morgan fingerprint density at radius 2 is 2.15 bits per heavy atom. The maximum Gasteiger partial charge on any atom is 0.332 e. The summed E-state index contributed by atoms with van der Waals surface area (Å²) in [5.41, 5.74) is 0.550. The molecule has 0 aliphatic carbocycles. The maximum absolute atomic E-state index is 11.5. The van der Waals surface area contributed by atoms with Gasteiger partial charge in [-0.25, -0.2) is 9.59 Å². The van der Waals surface area contributed by atoms with Crippen LogP contribution < -0.4 is 15.4 Å². The molecule has 110 valence electrons. The summed E-state index contributed by atoms with van der Waals surface area (Å²) >= 11 is 3.29. The third kappa shape index (κ3) is 5.06. The molecule has 0 unspecified atom stereocenters. The van der Waals surface area contributed by atoms with Crippen LogP contribution in [0.1, 0.15) is 6.42 Å². The third-order valence-corrected chi connectivity index (χ3v) is 3.02. The van der Waals surface area contributed by atoms with Gasteiger partial charge in [0.2, 0.25) is 0 Å². The van der Waals surface area contributed by atoms with Gasteiger partial charge in [0.15, 0.2) is 6.10 Å². The lowest BCUT2D eigenvalue weighted by Crippen LogP contribution is -2.33. The van der Waals surface area contributed by atoms with Gasteiger partial charge in [-0.1, -0.05) is 0 Å². The van der Waals surface area contributed by atoms with Crippen molar-refractivity contribution < 1.29 is 24.5 Å². The molecule has 4 N–H and O–H groups in total. The molecule has 1 aromatic rings. The normalized spacial score (nSPS) is 11.6. The monoisotopic (exact) mass is 346 g/mol. The smallest absolute Gasteiger partial charge is 0.332 e. The average Bonchev–Trinajstić information content (AvgIpc) is 2.38. The molecule has 0 fully saturated rings. The number of amides is 2. The number of methoxy groups -OCH3 is 1. The summed E-state index contributed by atoms with van der Waals surface area (Å²) in [5.74, 6) is -0.674. The molecule has 2 amide bonds. The number of anilines is 1. The van der Waals surface area contributed by atoms with Crippen molar-refractivity contribution in [2.75, 3.05) is 19.0 Å². The highest BCUT2D eigenvalue weighted by molar-refractivity contribution is 9.10. The van der Waals surface area contributed by atoms with E-state index in [2.05, 4.69) is 26.6 Å². The predicted molar refractivity (Wildman–Crippen MR) is 76.0 cm³/mol. The Balaban J connectivity index is 2.43. The first-order chi connectivity index (χ1) is 9.43. The van der Waals surface area contributed by atoms with Crippen LogP contribution in [0.25, 0.3) is 0 Å². The Morgan fingerprint density at radius 3 is 2.70 bits per heavy atom. The van der Waals surface area contributed by atoms with Gasteiger partial charge in [0.05, 0.1) is 11.6 Å². The number of nitrogens with one attached hydrogen (secondary N) is 2. The highest BCUT2D eigenvalue weighted by Crippen LogP contribution is 2.27. The molecule has 0 aliphatic rings. The van der Waals surface area contributed by atoms with Crippen molar-refractivity contribution in [3.05, 3.63) is 22.7 Å². The van der Waals surface area contributed by atoms with Crippen molar-refractivity contribution in [2.45, 2.75) is 12.5 Å². The minimum Gasteiger partial charge on any atom is -0.496 e. The number of rotatable bonds is 6. The van der Waals surface area contributed by atoms with Crippen LogP contribution in [0.2, 0.25) is 0 Å². The molecular weight excluding hydrogens is 332 g/mol. The molecule has 8 heteroatoms. The fourth-order valence-corrected chi connectivity index (χ4v) is 1.91. The van der Waals surface area contributed by atoms with Gasteiger partial charge in [-0.2, -0.15) is 0 Å². The minimum absolute atomic E-state index is 0.0522. The molecule has 1 rings (SSSR count). The molecule has 0 radical (unpaired) electrons. The number of carbonyl (C=O) groups excluding carboxylic acids is 1. The van der Waals surface area contributed by atoms with E-state index in [-0.39, 0.29) is 13.0 Å². The summed E-state index contributed by atoms with van der Waals surface area (Å²) in [6.45, 7) is 0.0522. The van der Waals surface area contributed by atoms with Crippen molar-refractivity contribution in [2.24, 2.45) is 0 Å². The van der Waals surface area contributed by atoms with Crippen LogP contribution in [-0.4, -0.2) is 42.0 Å². The number of carbonyl (C=O) groups is 2. The van der Waals surface area contributed by atoms with Crippen molar-refractivity contribution in [1.29, 1.82) is 0 Å². The Bertz CT molecular complexity index is 495. The highest BCUT2D eigenvalue weighted by Gasteiger charge is 2.13. The largest absolute Gasteiger partial charge is 0.496 e. The van der Waals surface area contributed by atoms with Crippen molar-refractivity contribution in [3.63, 3.8) is 0 Å². The van der Waals surface area contributed by atoms with Crippen LogP contribution in [0.15, 0.2) is 22.7 Å². The second kappa shape index (κ2) is 7.71. The van der Waals surface area contributed by atoms with Crippen molar-refractivity contribution in [1.82, 2.24) is 5.32 Å². The number of benzene rings is 1. The standard InChI is InChI=1S/C12H15BrN2O5/c1-20-10-3-2-7(6-8(10)13)15-12(19)14-5-4-9(16)11(17)18/h2-3,6,9,16H,4-5H2,1H3,(H,17,18)(H2,14,15,19)/t9-/m0/s1. The zero-order chi connectivity index (χ0) is 15.1. The number of halogens is 1. The number of aliphatic hydroxyl groups is 1. The van der Waals surface area contributed by atoms with Gasteiger partial charge >= 0.3 is 12.0 Å². The van der Waals surface area contributed by atoms with Crippen LogP contribution in [0, 0.1) is 0 Å². The number of carboxylic acid groups (broad SMARTS) is 1. The summed E-state index contributed by atoms with van der Waals surface area (Å²) in [6, 6.07) is 4.54. The van der Waals surface area contributed by atoms with Crippen LogP contribution >= 0.6 is 15.9 Å². The SMILES string of the molecule is COc1ccc(NC(=O)NCC[C@H](O)C(=O)O)cc1Br. The van der Waals surface area contributed by atoms with E-state index in [4.69, 9.17) is 14.9 Å². The number of carboxylic acids is 1. The Morgan fingerprint density at radius 1 is 1.45 bits per heavy atom. The fraction of sp³-hybridized carbons (Fsp3) is 0.333. The topological polar surface area (TPSA) is 108 Å². The molecule has 0 saturated carbocycles. The summed E-state index contributed by atoms with van der Waals surface area (Å²) in [6.07, 6.45) is -1.54. The van der Waals surface area contributed by atoms with Gasteiger partial charge in [0.25, 0.3) is 0 Å². The molecule has 7 nitrogen and oxygen atoms in total. The van der Waals surface area contributed by atoms with Gasteiger partial charge in [0, 0.05) is 18.7 Å². The third-order valence-electron chi connectivity index (χ3n) is 2.40. The van der Waals surface area contributed by atoms with E-state index in [0.29, 0.717) is 15.9 Å². The van der Waals surface area contributed by atoms with E-state index in [1.54, 1.807) is 18.2 Å². The van der Waals surface area contributed by atoms with Crippen molar-refractivity contribution >= 4 is 33.6 Å². The lowest BCUT2D eigenvalue weighted by Gasteiger charge is -2.10. The second-order valence-electron chi connectivity index (χ2n) is 3.87. The summed E-state index contributed by atoms with van der Waals surface area (Å²) in [4.78, 5) is 21.9. The van der Waals surface area contributed by atoms with Crippen LogP contribution in [-0.2, 0) is 4.79 Å². The minimum atomic E-state index is -1.48. The summed E-state index contributed by atoms with van der Waals surface area (Å²) < 4.78 is 5.75. The second-order valence-corrected chi connectivity index (χ2v) is 4.73. The zero-order valence-corrected chi connectivity index (χ0v) is 12.3. The molecular formula is C12H15BrN2O5. The summed E-state index contributed by atoms with van der Waals surface area (Å²) in [7, 11) is 1.54. The number of hydrogen-bond donors (Lipinski definition) is 4. The molecule has 0 aromatic heterocycles. The molecule has 0 saturated heterocycles. The molecule has 0 heterocycles. The van der Waals surface area contributed by atoms with E-state index >= 15 is 0 Å². The lowest BCUT2D eigenvalue weighted by molar-refractivity contribution is -0.146. The fourth-order valence-electron chi connectivity index (χ4n) is 1.37. The van der Waals surface area contributed by atoms with E-state index in [9.17, 15) is 9.59 Å². The zero-order valence-electron chi connectivity index (χ0n) is 10.7. The molecule has 0 spiro atoms. The van der Waals surface area contributed by atoms with Gasteiger partial charge in [0.1, 0.15) is 5.75 Å². The summed E-state index contributed by atoms with van der Waals surface area (Å²) in [5, 5.41) is 22.5. The van der Waals surface area contributed by atoms with E-state index < -0.39 is 18.1 Å². The number of hydrogen-bond acceptors (Lipinski definition) is 4. The van der Waals surface area contributed by atoms with Crippen LogP contribution in [0.3, 0.4) is 0 Å². The molecule has 0 aliphatic heterocycles. The molecule has 1 atom stereocenters. The van der Waals surface area contributed by atoms with Gasteiger partial charge in [-0.05, 0) is 34.1 Å². The number of aliphatic hydroxyl groups excluding tert-OH is 1. The Kier molecular flexibility index (Phi) is 6.26. The maximum atomic E-state index is 11.5. The van der Waals surface area contributed by atoms with Gasteiger partial charge in [-0.3, -0.25) is 0 Å². The van der Waals surface area contributed by atoms with E-state index in [1.165, 1.54) is 7.11 Å². The first kappa shape index (κ1) is 16.3. The number of urea groups is 1. The van der Waals surface area contributed by atoms with Crippen molar-refractivity contribution in [3.8, 4) is 5.75 Å². The predicted octanol–water partition coefficient (Wildman–Crippen LogP) is 1.41. The molecule has 0 bridgehead atoms. The first-order valence-electron chi connectivity index (χ1n) is 5.73. The lowest BCUT2D eigenvalue weighted by atomic mass is 10.2. The first-order valence-corrected chi connectivity index (χ1v) is 6.52. The average molecular weight is 347 g/mol. The van der Waals surface area contributed by atoms with Crippen LogP contribution in [0.4, 0.5) is 10.5 Å².